The molecule has 170 valence electrons. The van der Waals surface area contributed by atoms with Gasteiger partial charge in [-0.1, -0.05) is 12.1 Å². The Hall–Kier alpha value is -4.04. The number of H-pyrrole nitrogens is 1. The van der Waals surface area contributed by atoms with Crippen molar-refractivity contribution in [3.63, 3.8) is 0 Å². The molecule has 8 heteroatoms. The zero-order valence-electron chi connectivity index (χ0n) is 18.9. The number of nitrogens with zero attached hydrogens (tertiary/aromatic N) is 5. The summed E-state index contributed by atoms with van der Waals surface area (Å²) in [7, 11) is 2.13. The van der Waals surface area contributed by atoms with Crippen LogP contribution in [0.5, 0.6) is 0 Å². The summed E-state index contributed by atoms with van der Waals surface area (Å²) in [5.41, 5.74) is 4.57. The first kappa shape index (κ1) is 20.6. The zero-order chi connectivity index (χ0) is 23.1. The molecule has 2 N–H and O–H groups in total. The lowest BCUT2D eigenvalue weighted by Gasteiger charge is -2.28. The smallest absolute Gasteiger partial charge is 0.260 e. The van der Waals surface area contributed by atoms with Crippen LogP contribution in [-0.2, 0) is 0 Å². The molecule has 6 rings (SSSR count). The summed E-state index contributed by atoms with van der Waals surface area (Å²) in [4.78, 5) is 27.3. The maximum atomic E-state index is 12.9. The van der Waals surface area contributed by atoms with Crippen LogP contribution in [0.4, 0.5) is 5.82 Å². The van der Waals surface area contributed by atoms with Crippen molar-refractivity contribution in [3.8, 4) is 11.1 Å². The molecular formula is C26H25N7O. The van der Waals surface area contributed by atoms with E-state index in [0.717, 1.165) is 58.9 Å². The first-order valence-electron chi connectivity index (χ1n) is 11.5. The van der Waals surface area contributed by atoms with E-state index in [9.17, 15) is 4.79 Å². The third-order valence-electron chi connectivity index (χ3n) is 6.62. The SMILES string of the molecule is CN1CCC(n2cc(C(=O)Nc3cc4cc(-c5cnc6cc[nH]c6c5)ccc4cn3)cn2)CC1. The molecule has 1 aliphatic heterocycles. The summed E-state index contributed by atoms with van der Waals surface area (Å²) in [6.07, 6.45) is 11.1. The van der Waals surface area contributed by atoms with E-state index in [-0.39, 0.29) is 5.91 Å². The lowest BCUT2D eigenvalue weighted by molar-refractivity contribution is 0.102. The minimum absolute atomic E-state index is 0.205. The van der Waals surface area contributed by atoms with Crippen LogP contribution in [-0.4, -0.2) is 55.7 Å². The minimum Gasteiger partial charge on any atom is -0.360 e. The highest BCUT2D eigenvalue weighted by atomic mass is 16.1. The fourth-order valence-corrected chi connectivity index (χ4v) is 4.58. The molecule has 1 saturated heterocycles. The van der Waals surface area contributed by atoms with E-state index >= 15 is 0 Å². The number of hydrogen-bond acceptors (Lipinski definition) is 5. The molecule has 5 heterocycles. The van der Waals surface area contributed by atoms with Gasteiger partial charge in [-0.3, -0.25) is 14.5 Å². The van der Waals surface area contributed by atoms with Crippen molar-refractivity contribution >= 4 is 33.5 Å². The molecule has 5 aromatic rings. The highest BCUT2D eigenvalue weighted by Gasteiger charge is 2.20. The lowest BCUT2D eigenvalue weighted by Crippen LogP contribution is -2.31. The van der Waals surface area contributed by atoms with Crippen molar-refractivity contribution in [2.75, 3.05) is 25.5 Å². The third-order valence-corrected chi connectivity index (χ3v) is 6.62. The van der Waals surface area contributed by atoms with E-state index in [0.29, 0.717) is 17.4 Å². The second-order valence-electron chi connectivity index (χ2n) is 8.96. The molecule has 1 aliphatic rings. The summed E-state index contributed by atoms with van der Waals surface area (Å²) in [6.45, 7) is 2.09. The van der Waals surface area contributed by atoms with Gasteiger partial charge in [0.05, 0.1) is 28.8 Å². The molecule has 0 atom stereocenters. The monoisotopic (exact) mass is 451 g/mol. The Morgan fingerprint density at radius 2 is 1.88 bits per heavy atom. The van der Waals surface area contributed by atoms with Crippen LogP contribution in [0.15, 0.2) is 67.4 Å². The highest BCUT2D eigenvalue weighted by molar-refractivity contribution is 6.04. The van der Waals surface area contributed by atoms with Crippen molar-refractivity contribution in [1.29, 1.82) is 0 Å². The Kier molecular flexibility index (Phi) is 5.07. The van der Waals surface area contributed by atoms with Crippen molar-refractivity contribution in [2.45, 2.75) is 18.9 Å². The second-order valence-corrected chi connectivity index (χ2v) is 8.96. The number of nitrogens with one attached hydrogen (secondary N) is 2. The van der Waals surface area contributed by atoms with Crippen LogP contribution in [0.3, 0.4) is 0 Å². The van der Waals surface area contributed by atoms with Gasteiger partial charge in [0.2, 0.25) is 0 Å². The molecule has 0 saturated carbocycles. The molecule has 0 unspecified atom stereocenters. The molecule has 1 amide bonds. The predicted molar refractivity (Wildman–Crippen MR) is 133 cm³/mol. The van der Waals surface area contributed by atoms with E-state index in [1.165, 1.54) is 0 Å². The van der Waals surface area contributed by atoms with Crippen LogP contribution >= 0.6 is 0 Å². The molecule has 34 heavy (non-hydrogen) atoms. The van der Waals surface area contributed by atoms with Gasteiger partial charge in [0.15, 0.2) is 0 Å². The molecule has 4 aromatic heterocycles. The van der Waals surface area contributed by atoms with Crippen molar-refractivity contribution in [3.05, 3.63) is 72.9 Å². The second kappa shape index (κ2) is 8.39. The Labute approximate surface area is 196 Å². The van der Waals surface area contributed by atoms with Crippen LogP contribution in [0, 0.1) is 0 Å². The number of pyridine rings is 2. The normalized spacial score (nSPS) is 15.2. The fourth-order valence-electron chi connectivity index (χ4n) is 4.58. The summed E-state index contributed by atoms with van der Waals surface area (Å²) in [5.74, 6) is 0.309. The summed E-state index contributed by atoms with van der Waals surface area (Å²) in [5, 5.41) is 9.38. The van der Waals surface area contributed by atoms with Crippen LogP contribution in [0.2, 0.25) is 0 Å². The molecular weight excluding hydrogens is 426 g/mol. The number of fused-ring (bicyclic) bond motifs is 2. The molecule has 0 spiro atoms. The lowest BCUT2D eigenvalue weighted by atomic mass is 10.0. The minimum atomic E-state index is -0.205. The number of benzene rings is 1. The topological polar surface area (TPSA) is 91.7 Å². The number of carbonyl (C=O) groups excluding carboxylic acids is 1. The molecule has 1 aromatic carbocycles. The predicted octanol–water partition coefficient (Wildman–Crippen LogP) is 4.49. The largest absolute Gasteiger partial charge is 0.360 e. The zero-order valence-corrected chi connectivity index (χ0v) is 18.9. The summed E-state index contributed by atoms with van der Waals surface area (Å²) >= 11 is 0. The highest BCUT2D eigenvalue weighted by Crippen LogP contribution is 2.27. The van der Waals surface area contributed by atoms with Gasteiger partial charge in [0.1, 0.15) is 5.82 Å². The van der Waals surface area contributed by atoms with Gasteiger partial charge < -0.3 is 15.2 Å². The summed E-state index contributed by atoms with van der Waals surface area (Å²) < 4.78 is 1.93. The number of rotatable bonds is 4. The number of likely N-dealkylation sites (tertiary alicyclic amines) is 1. The van der Waals surface area contributed by atoms with E-state index in [1.807, 2.05) is 41.5 Å². The van der Waals surface area contributed by atoms with Crippen molar-refractivity contribution in [1.82, 2.24) is 29.6 Å². The average Bonchev–Trinajstić information content (AvgIpc) is 3.54. The molecule has 0 aliphatic carbocycles. The first-order chi connectivity index (χ1) is 16.6. The number of aromatic amines is 1. The van der Waals surface area contributed by atoms with Crippen LogP contribution in [0.25, 0.3) is 32.9 Å². The third kappa shape index (κ3) is 3.92. The average molecular weight is 452 g/mol. The van der Waals surface area contributed by atoms with E-state index < -0.39 is 0 Å². The van der Waals surface area contributed by atoms with Gasteiger partial charge >= 0.3 is 0 Å². The van der Waals surface area contributed by atoms with Crippen LogP contribution < -0.4 is 5.32 Å². The van der Waals surface area contributed by atoms with Gasteiger partial charge in [-0.15, -0.1) is 0 Å². The number of hydrogen-bond donors (Lipinski definition) is 2. The van der Waals surface area contributed by atoms with Gasteiger partial charge in [-0.25, -0.2) is 4.98 Å². The number of piperidine rings is 1. The van der Waals surface area contributed by atoms with Crippen molar-refractivity contribution < 1.29 is 4.79 Å². The van der Waals surface area contributed by atoms with Gasteiger partial charge in [-0.2, -0.15) is 5.10 Å². The number of carbonyl (C=O) groups is 1. The van der Waals surface area contributed by atoms with Gasteiger partial charge in [-0.05, 0) is 68.2 Å². The Morgan fingerprint density at radius 3 is 2.76 bits per heavy atom. The Bertz CT molecular complexity index is 1490. The van der Waals surface area contributed by atoms with Crippen LogP contribution in [0.1, 0.15) is 29.2 Å². The van der Waals surface area contributed by atoms with E-state index in [1.54, 1.807) is 12.4 Å². The van der Waals surface area contributed by atoms with E-state index in [2.05, 4.69) is 55.5 Å². The maximum absolute atomic E-state index is 12.9. The number of aromatic nitrogens is 5. The summed E-state index contributed by atoms with van der Waals surface area (Å²) in [6, 6.07) is 12.5. The van der Waals surface area contributed by atoms with Crippen molar-refractivity contribution in [2.24, 2.45) is 0 Å². The fraction of sp³-hybridized carbons (Fsp3) is 0.231. The van der Waals surface area contributed by atoms with Gasteiger partial charge in [0.25, 0.3) is 5.91 Å². The first-order valence-corrected chi connectivity index (χ1v) is 11.5. The quantitative estimate of drug-likeness (QED) is 0.420. The maximum Gasteiger partial charge on any atom is 0.260 e. The molecule has 1 fully saturated rings. The number of anilines is 1. The van der Waals surface area contributed by atoms with E-state index in [4.69, 9.17) is 0 Å². The number of amides is 1. The Morgan fingerprint density at radius 1 is 1.00 bits per heavy atom. The Balaban J connectivity index is 1.22. The van der Waals surface area contributed by atoms with Gasteiger partial charge in [0, 0.05) is 35.7 Å². The molecule has 0 radical (unpaired) electrons. The standard InChI is InChI=1S/C26H25N7O/c1-32-8-5-22(6-9-32)33-16-21(15-30-33)26(34)31-25-12-19-10-17(2-3-18(19)13-29-25)20-11-24-23(28-14-20)4-7-27-24/h2-4,7,10-16,22,27H,5-6,8-9H2,1H3,(H,29,31,34). The molecule has 0 bridgehead atoms. The molecule has 8 nitrogen and oxygen atoms in total.